The summed E-state index contributed by atoms with van der Waals surface area (Å²) >= 11 is 0. The van der Waals surface area contributed by atoms with Gasteiger partial charge in [-0.15, -0.1) is 0 Å². The normalized spacial score (nSPS) is 32.1. The van der Waals surface area contributed by atoms with E-state index in [0.717, 1.165) is 30.7 Å². The first-order valence-electron chi connectivity index (χ1n) is 10.5. The van der Waals surface area contributed by atoms with Gasteiger partial charge in [0.25, 0.3) is 0 Å². The number of imide groups is 4. The molecule has 0 aromatic heterocycles. The van der Waals surface area contributed by atoms with E-state index < -0.39 is 71.7 Å². The van der Waals surface area contributed by atoms with Gasteiger partial charge in [-0.25, -0.2) is 9.59 Å². The molecule has 166 valence electrons. The van der Waals surface area contributed by atoms with Crippen LogP contribution >= 0.6 is 0 Å². The Hall–Kier alpha value is -3.56. The molecule has 32 heavy (non-hydrogen) atoms. The van der Waals surface area contributed by atoms with Gasteiger partial charge in [-0.3, -0.25) is 38.8 Å². The van der Waals surface area contributed by atoms with Crippen molar-refractivity contribution >= 4 is 35.7 Å². The Morgan fingerprint density at radius 2 is 0.812 bits per heavy atom. The zero-order valence-electron chi connectivity index (χ0n) is 18.0. The van der Waals surface area contributed by atoms with E-state index in [-0.39, 0.29) is 0 Å². The molecule has 2 heterocycles. The second-order valence-electron chi connectivity index (χ2n) is 8.76. The summed E-state index contributed by atoms with van der Waals surface area (Å²) in [5.74, 6) is -3.31. The largest absolute Gasteiger partial charge is 0.334 e. The molecule has 8 amide bonds. The number of urea groups is 2. The Bertz CT molecular complexity index is 984. The molecule has 0 spiro atoms. The van der Waals surface area contributed by atoms with Crippen molar-refractivity contribution in [3.63, 3.8) is 0 Å². The molecule has 5 aliphatic rings. The third-order valence-corrected chi connectivity index (χ3v) is 7.26. The van der Waals surface area contributed by atoms with Gasteiger partial charge >= 0.3 is 12.1 Å². The van der Waals surface area contributed by atoms with Crippen molar-refractivity contribution in [3.8, 4) is 0 Å². The molecule has 3 aliphatic carbocycles. The van der Waals surface area contributed by atoms with Crippen molar-refractivity contribution in [2.24, 2.45) is 0 Å². The molecule has 2 aliphatic heterocycles. The maximum atomic E-state index is 13.2. The minimum atomic E-state index is -0.744. The molecule has 10 nitrogen and oxygen atoms in total. The third-order valence-electron chi connectivity index (χ3n) is 7.26. The highest BCUT2D eigenvalue weighted by molar-refractivity contribution is 6.06. The van der Waals surface area contributed by atoms with Gasteiger partial charge in [0.05, 0.1) is 24.2 Å². The summed E-state index contributed by atoms with van der Waals surface area (Å²) in [4.78, 5) is 81.0. The fraction of sp³-hybridized carbons (Fsp3) is 0.455. The average molecular weight is 438 g/mol. The maximum Gasteiger partial charge on any atom is 0.334 e. The van der Waals surface area contributed by atoms with Crippen molar-refractivity contribution in [3.05, 3.63) is 35.4 Å². The Morgan fingerprint density at radius 3 is 1.03 bits per heavy atom. The van der Waals surface area contributed by atoms with Gasteiger partial charge in [-0.2, -0.15) is 0 Å². The molecule has 3 fully saturated rings. The molecule has 1 saturated carbocycles. The van der Waals surface area contributed by atoms with E-state index in [0.29, 0.717) is 0 Å². The fourth-order valence-electron chi connectivity index (χ4n) is 6.48. The van der Waals surface area contributed by atoms with E-state index in [1.54, 1.807) is 0 Å². The summed E-state index contributed by atoms with van der Waals surface area (Å²) in [5.41, 5.74) is 1.63. The number of rotatable bonds is 0. The topological polar surface area (TPSA) is 115 Å². The Morgan fingerprint density at radius 1 is 0.562 bits per heavy atom. The number of benzene rings is 1. The van der Waals surface area contributed by atoms with E-state index in [1.807, 2.05) is 24.3 Å². The van der Waals surface area contributed by atoms with Crippen molar-refractivity contribution in [2.45, 2.75) is 63.7 Å². The van der Waals surface area contributed by atoms with Crippen molar-refractivity contribution in [2.75, 3.05) is 0 Å². The molecular weight excluding hydrogens is 416 g/mol. The lowest BCUT2D eigenvalue weighted by atomic mass is 9.57. The van der Waals surface area contributed by atoms with Gasteiger partial charge in [-0.1, -0.05) is 24.3 Å². The minimum absolute atomic E-state index is 0.516. The molecule has 1 aromatic rings. The number of carbonyl (C=O) groups excluding carboxylic acids is 6. The minimum Gasteiger partial charge on any atom is -0.275 e. The Labute approximate surface area is 183 Å². The summed E-state index contributed by atoms with van der Waals surface area (Å²) in [7, 11) is 0. The van der Waals surface area contributed by atoms with Gasteiger partial charge in [0.15, 0.2) is 0 Å². The van der Waals surface area contributed by atoms with Crippen molar-refractivity contribution in [1.82, 2.24) is 19.6 Å². The number of nitrogens with zero attached hydrogens (tertiary/aromatic N) is 4. The smallest absolute Gasteiger partial charge is 0.275 e. The highest BCUT2D eigenvalue weighted by Gasteiger charge is 2.71. The van der Waals surface area contributed by atoms with Crippen LogP contribution in [0, 0.1) is 0 Å². The van der Waals surface area contributed by atoms with Gasteiger partial charge in [0, 0.05) is 39.5 Å². The first-order valence-corrected chi connectivity index (χ1v) is 10.5. The first-order chi connectivity index (χ1) is 15.1. The molecule has 2 unspecified atom stereocenters. The highest BCUT2D eigenvalue weighted by Crippen LogP contribution is 2.59. The van der Waals surface area contributed by atoms with Crippen molar-refractivity contribution in [1.29, 1.82) is 0 Å². The average Bonchev–Trinajstić information content (AvgIpc) is 3.19. The molecule has 2 saturated heterocycles. The molecule has 6 rings (SSSR count). The molecule has 0 radical (unpaired) electrons. The lowest BCUT2D eigenvalue weighted by molar-refractivity contribution is -0.134. The van der Waals surface area contributed by atoms with Gasteiger partial charge < -0.3 is 0 Å². The number of hydrogen-bond donors (Lipinski definition) is 0. The summed E-state index contributed by atoms with van der Waals surface area (Å²) in [5, 5.41) is 0. The Balaban J connectivity index is 1.82. The number of hydrogen-bond acceptors (Lipinski definition) is 6. The zero-order chi connectivity index (χ0) is 23.2. The van der Waals surface area contributed by atoms with Crippen LogP contribution in [0.2, 0.25) is 0 Å². The van der Waals surface area contributed by atoms with E-state index in [1.165, 1.54) is 27.7 Å². The molecule has 0 N–H and O–H groups in total. The zero-order valence-corrected chi connectivity index (χ0v) is 18.0. The van der Waals surface area contributed by atoms with E-state index in [2.05, 4.69) is 0 Å². The van der Waals surface area contributed by atoms with Crippen LogP contribution in [0.4, 0.5) is 9.59 Å². The maximum absolute atomic E-state index is 13.2. The lowest BCUT2D eigenvalue weighted by Crippen LogP contribution is -2.67. The van der Waals surface area contributed by atoms with E-state index >= 15 is 0 Å². The second-order valence-corrected chi connectivity index (χ2v) is 8.76. The second kappa shape index (κ2) is 6.47. The summed E-state index contributed by atoms with van der Waals surface area (Å²) < 4.78 is 0. The van der Waals surface area contributed by atoms with Gasteiger partial charge in [0.2, 0.25) is 23.6 Å². The van der Waals surface area contributed by atoms with Crippen LogP contribution in [0.5, 0.6) is 0 Å². The molecule has 6 atom stereocenters. The van der Waals surface area contributed by atoms with Crippen LogP contribution < -0.4 is 0 Å². The highest BCUT2D eigenvalue weighted by atomic mass is 16.2. The molecule has 2 bridgehead atoms. The van der Waals surface area contributed by atoms with Crippen LogP contribution in [0.25, 0.3) is 0 Å². The predicted molar refractivity (Wildman–Crippen MR) is 108 cm³/mol. The lowest BCUT2D eigenvalue weighted by Gasteiger charge is -2.55. The number of carbonyl (C=O) groups is 6. The summed E-state index contributed by atoms with van der Waals surface area (Å²) in [6.07, 6.45) is 0. The van der Waals surface area contributed by atoms with Crippen LogP contribution in [0.15, 0.2) is 24.3 Å². The summed E-state index contributed by atoms with van der Waals surface area (Å²) in [6.45, 7) is 5.03. The van der Waals surface area contributed by atoms with Crippen molar-refractivity contribution < 1.29 is 28.8 Å². The van der Waals surface area contributed by atoms with Crippen LogP contribution in [0.1, 0.15) is 50.7 Å². The SMILES string of the molecule is CC(=O)N1C(=O)N(C(C)=O)[C@H]2C3c4ccccc4C([C@H]21)[C@H]1[C@@H]3N(C(C)=O)C(=O)N1C(C)=O. The summed E-state index contributed by atoms with van der Waals surface area (Å²) in [6, 6.07) is 2.96. The first kappa shape index (κ1) is 20.3. The van der Waals surface area contributed by atoms with Gasteiger partial charge in [-0.05, 0) is 11.1 Å². The van der Waals surface area contributed by atoms with Crippen LogP contribution in [0.3, 0.4) is 0 Å². The van der Waals surface area contributed by atoms with Gasteiger partial charge in [0.1, 0.15) is 0 Å². The van der Waals surface area contributed by atoms with Crippen LogP contribution in [-0.2, 0) is 19.2 Å². The number of amides is 8. The Kier molecular flexibility index (Phi) is 4.12. The predicted octanol–water partition coefficient (Wildman–Crippen LogP) is 1.02. The van der Waals surface area contributed by atoms with E-state index in [4.69, 9.17) is 0 Å². The van der Waals surface area contributed by atoms with E-state index in [9.17, 15) is 28.8 Å². The molecule has 1 aromatic carbocycles. The third kappa shape index (κ3) is 2.24. The quantitative estimate of drug-likeness (QED) is 0.597. The monoisotopic (exact) mass is 438 g/mol. The molecular formula is C22H22N4O6. The van der Waals surface area contributed by atoms with Crippen LogP contribution in [-0.4, -0.2) is 79.5 Å². The molecule has 10 heteroatoms. The fourth-order valence-corrected chi connectivity index (χ4v) is 6.48. The standard InChI is InChI=1S/C22H22N4O6/c1-9(27)23-17-15-13-7-5-6-8-14(13)16(18(17)24(10(2)28)21(23)31)20-19(15)25(11(3)29)22(32)26(20)12(4)30/h5-8,15-20H,1-4H3/t15?,16?,17-,18+,19+,20-.